The topological polar surface area (TPSA) is 89.3 Å². The van der Waals surface area contributed by atoms with Crippen molar-refractivity contribution >= 4 is 49.9 Å². The number of nitro benzene ring substituents is 1. The Morgan fingerprint density at radius 1 is 1.47 bits per heavy atom. The highest BCUT2D eigenvalue weighted by Crippen LogP contribution is 2.29. The zero-order chi connectivity index (χ0) is 14.6. The van der Waals surface area contributed by atoms with E-state index in [0.29, 0.717) is 6.42 Å². The van der Waals surface area contributed by atoms with Crippen LogP contribution in [0.1, 0.15) is 12.0 Å². The van der Waals surface area contributed by atoms with Gasteiger partial charge in [-0.05, 0) is 19.4 Å². The maximum atomic E-state index is 12.0. The molecule has 0 heterocycles. The van der Waals surface area contributed by atoms with Gasteiger partial charge in [0.1, 0.15) is 0 Å². The molecule has 0 aliphatic rings. The molecule has 1 N–H and O–H groups in total. The number of sulfonamides is 1. The molecule has 106 valence electrons. The second kappa shape index (κ2) is 6.82. The van der Waals surface area contributed by atoms with Crippen LogP contribution in [0.4, 0.5) is 5.69 Å². The quantitative estimate of drug-likeness (QED) is 0.253. The summed E-state index contributed by atoms with van der Waals surface area (Å²) in [5.74, 6) is 0. The van der Waals surface area contributed by atoms with Crippen molar-refractivity contribution in [3.05, 3.63) is 32.8 Å². The molecule has 0 amide bonds. The lowest BCUT2D eigenvalue weighted by Gasteiger charge is -2.08. The number of rotatable bonds is 6. The van der Waals surface area contributed by atoms with Crippen LogP contribution in [0.5, 0.6) is 0 Å². The molecule has 0 bridgehead atoms. The Hall–Kier alpha value is -0.450. The summed E-state index contributed by atoms with van der Waals surface area (Å²) >= 11 is 7.96. The smallest absolute Gasteiger partial charge is 0.258 e. The highest BCUT2D eigenvalue weighted by atomic mass is 127. The molecule has 6 nitrogen and oxygen atoms in total. The van der Waals surface area contributed by atoms with Gasteiger partial charge in [-0.2, -0.15) is 0 Å². The van der Waals surface area contributed by atoms with Gasteiger partial charge < -0.3 is 0 Å². The van der Waals surface area contributed by atoms with Crippen molar-refractivity contribution in [1.82, 2.24) is 4.72 Å². The Labute approximate surface area is 129 Å². The molecular formula is C10H12ClIN2O4S. The minimum absolute atomic E-state index is 0.0588. The maximum Gasteiger partial charge on any atom is 0.275 e. The van der Waals surface area contributed by atoms with E-state index in [1.54, 1.807) is 0 Å². The van der Waals surface area contributed by atoms with Gasteiger partial charge in [-0.15, -0.1) is 0 Å². The van der Waals surface area contributed by atoms with Gasteiger partial charge in [0.05, 0.1) is 14.8 Å². The van der Waals surface area contributed by atoms with Crippen LogP contribution in [0.25, 0.3) is 0 Å². The summed E-state index contributed by atoms with van der Waals surface area (Å²) in [7, 11) is -3.77. The zero-order valence-electron chi connectivity index (χ0n) is 10.0. The van der Waals surface area contributed by atoms with Gasteiger partial charge in [-0.1, -0.05) is 34.2 Å². The third-order valence-corrected chi connectivity index (χ3v) is 5.00. The number of nitrogens with zero attached hydrogens (tertiary/aromatic N) is 1. The number of alkyl halides is 1. The van der Waals surface area contributed by atoms with Crippen molar-refractivity contribution < 1.29 is 13.3 Å². The van der Waals surface area contributed by atoms with Crippen molar-refractivity contribution in [3.8, 4) is 0 Å². The average molecular weight is 419 g/mol. The summed E-state index contributed by atoms with van der Waals surface area (Å²) in [6, 6.07) is 2.24. The number of benzene rings is 1. The van der Waals surface area contributed by atoms with E-state index in [9.17, 15) is 18.5 Å². The lowest BCUT2D eigenvalue weighted by molar-refractivity contribution is -0.385. The lowest BCUT2D eigenvalue weighted by Crippen LogP contribution is -2.25. The third kappa shape index (κ3) is 4.26. The minimum Gasteiger partial charge on any atom is -0.258 e. The normalized spacial score (nSPS) is 11.5. The summed E-state index contributed by atoms with van der Waals surface area (Å²) in [5.41, 5.74) is -0.0559. The first-order valence-corrected chi connectivity index (χ1v) is 8.68. The molecule has 0 spiro atoms. The monoisotopic (exact) mass is 418 g/mol. The van der Waals surface area contributed by atoms with Crippen LogP contribution in [0.15, 0.2) is 17.0 Å². The molecule has 9 heteroatoms. The Bertz CT molecular complexity index is 591. The second-order valence-corrected chi connectivity index (χ2v) is 7.00. The van der Waals surface area contributed by atoms with Crippen LogP contribution in [-0.4, -0.2) is 24.3 Å². The Morgan fingerprint density at radius 3 is 2.63 bits per heavy atom. The van der Waals surface area contributed by atoms with E-state index in [0.717, 1.165) is 10.5 Å². The highest BCUT2D eigenvalue weighted by Gasteiger charge is 2.21. The van der Waals surface area contributed by atoms with E-state index < -0.39 is 14.9 Å². The lowest BCUT2D eigenvalue weighted by atomic mass is 10.2. The number of nitrogens with one attached hydrogen (secondary N) is 1. The van der Waals surface area contributed by atoms with Crippen LogP contribution in [0.2, 0.25) is 5.02 Å². The van der Waals surface area contributed by atoms with Crippen molar-refractivity contribution in [2.45, 2.75) is 18.2 Å². The average Bonchev–Trinajstić information content (AvgIpc) is 2.32. The van der Waals surface area contributed by atoms with E-state index in [2.05, 4.69) is 27.3 Å². The SMILES string of the molecule is Cc1c(Cl)cc(S(=O)(=O)NCCCI)cc1[N+](=O)[O-]. The fraction of sp³-hybridized carbons (Fsp3) is 0.400. The predicted octanol–water partition coefficient (Wildman–Crippen LogP) is 2.66. The molecule has 0 unspecified atom stereocenters. The van der Waals surface area contributed by atoms with Crippen molar-refractivity contribution in [2.24, 2.45) is 0 Å². The molecule has 0 radical (unpaired) electrons. The highest BCUT2D eigenvalue weighted by molar-refractivity contribution is 14.1. The molecule has 1 aromatic carbocycles. The largest absolute Gasteiger partial charge is 0.275 e. The van der Waals surface area contributed by atoms with E-state index in [1.807, 2.05) is 0 Å². The Morgan fingerprint density at radius 2 is 2.11 bits per heavy atom. The summed E-state index contributed by atoms with van der Waals surface area (Å²) in [5, 5.41) is 10.9. The first kappa shape index (κ1) is 16.6. The summed E-state index contributed by atoms with van der Waals surface area (Å²) < 4.78 is 27.1. The van der Waals surface area contributed by atoms with Crippen LogP contribution in [0, 0.1) is 17.0 Å². The standard InChI is InChI=1S/C10H12ClIN2O4S/c1-7-9(11)5-8(6-10(7)14(15)16)19(17,18)13-4-2-3-12/h5-6,13H,2-4H2,1H3. The fourth-order valence-corrected chi connectivity index (χ4v) is 3.12. The minimum atomic E-state index is -3.77. The van der Waals surface area contributed by atoms with Gasteiger partial charge in [0.2, 0.25) is 10.0 Å². The van der Waals surface area contributed by atoms with E-state index in [4.69, 9.17) is 11.6 Å². The summed E-state index contributed by atoms with van der Waals surface area (Å²) in [4.78, 5) is 10.0. The Kier molecular flexibility index (Phi) is 5.96. The van der Waals surface area contributed by atoms with E-state index in [1.165, 1.54) is 13.0 Å². The Balaban J connectivity index is 3.17. The van der Waals surface area contributed by atoms with Crippen molar-refractivity contribution in [1.29, 1.82) is 0 Å². The molecule has 0 saturated heterocycles. The molecule has 0 aliphatic heterocycles. The number of hydrogen-bond donors (Lipinski definition) is 1. The fourth-order valence-electron chi connectivity index (χ4n) is 1.34. The second-order valence-electron chi connectivity index (χ2n) is 3.75. The molecule has 0 saturated carbocycles. The van der Waals surface area contributed by atoms with Gasteiger partial charge >= 0.3 is 0 Å². The van der Waals surface area contributed by atoms with Gasteiger partial charge in [0, 0.05) is 22.6 Å². The van der Waals surface area contributed by atoms with Gasteiger partial charge in [0.25, 0.3) is 5.69 Å². The molecule has 0 fully saturated rings. The van der Waals surface area contributed by atoms with Gasteiger partial charge in [-0.3, -0.25) is 10.1 Å². The van der Waals surface area contributed by atoms with Crippen LogP contribution < -0.4 is 4.72 Å². The summed E-state index contributed by atoms with van der Waals surface area (Å²) in [6.45, 7) is 1.75. The predicted molar refractivity (Wildman–Crippen MR) is 81.5 cm³/mol. The van der Waals surface area contributed by atoms with Crippen LogP contribution in [0.3, 0.4) is 0 Å². The molecule has 0 atom stereocenters. The van der Waals surface area contributed by atoms with Crippen molar-refractivity contribution in [3.63, 3.8) is 0 Å². The third-order valence-electron chi connectivity index (χ3n) is 2.40. The molecule has 0 aromatic heterocycles. The number of halogens is 2. The molecule has 1 aromatic rings. The van der Waals surface area contributed by atoms with Gasteiger partial charge in [0.15, 0.2) is 0 Å². The van der Waals surface area contributed by atoms with Crippen LogP contribution in [-0.2, 0) is 10.0 Å². The van der Waals surface area contributed by atoms with Crippen molar-refractivity contribution in [2.75, 3.05) is 11.0 Å². The maximum absolute atomic E-state index is 12.0. The van der Waals surface area contributed by atoms with Crippen LogP contribution >= 0.6 is 34.2 Å². The first-order valence-electron chi connectivity index (χ1n) is 5.29. The molecular weight excluding hydrogens is 407 g/mol. The van der Waals surface area contributed by atoms with E-state index in [-0.39, 0.29) is 27.7 Å². The van der Waals surface area contributed by atoms with E-state index >= 15 is 0 Å². The molecule has 1 rings (SSSR count). The number of hydrogen-bond acceptors (Lipinski definition) is 4. The molecule has 0 aliphatic carbocycles. The van der Waals surface area contributed by atoms with Gasteiger partial charge in [-0.25, -0.2) is 13.1 Å². The first-order chi connectivity index (χ1) is 8.79. The molecule has 19 heavy (non-hydrogen) atoms. The zero-order valence-corrected chi connectivity index (χ0v) is 13.8. The summed E-state index contributed by atoms with van der Waals surface area (Å²) in [6.07, 6.45) is 0.682. The number of nitro groups is 1.